The number of amidine groups is 1. The smallest absolute Gasteiger partial charge is 0.127 e. The van der Waals surface area contributed by atoms with Crippen LogP contribution in [0.5, 0.6) is 0 Å². The van der Waals surface area contributed by atoms with E-state index >= 15 is 0 Å². The molecule has 0 aliphatic carbocycles. The summed E-state index contributed by atoms with van der Waals surface area (Å²) in [6.07, 6.45) is 4.70. The molecule has 1 aromatic heterocycles. The Morgan fingerprint density at radius 1 is 1.57 bits per heavy atom. The Morgan fingerprint density at radius 3 is 2.86 bits per heavy atom. The fourth-order valence-corrected chi connectivity index (χ4v) is 1.19. The molecule has 0 atom stereocenters. The molecule has 0 radical (unpaired) electrons. The van der Waals surface area contributed by atoms with Crippen molar-refractivity contribution in [3.63, 3.8) is 0 Å². The average molecular weight is 189 g/mol. The van der Waals surface area contributed by atoms with Crippen molar-refractivity contribution in [1.82, 2.24) is 4.98 Å². The molecule has 0 bridgehead atoms. The Bertz CT molecular complexity index is 339. The van der Waals surface area contributed by atoms with Gasteiger partial charge in [-0.15, -0.1) is 0 Å². The quantitative estimate of drug-likeness (QED) is 0.583. The number of hydrogen-bond donors (Lipinski definition) is 1. The molecule has 14 heavy (non-hydrogen) atoms. The van der Waals surface area contributed by atoms with Gasteiger partial charge in [-0.3, -0.25) is 9.98 Å². The van der Waals surface area contributed by atoms with Gasteiger partial charge in [-0.2, -0.15) is 0 Å². The van der Waals surface area contributed by atoms with Crippen LogP contribution in [0, 0.1) is 0 Å². The number of allylic oxidation sites excluding steroid dienone is 1. The molecular weight excluding hydrogens is 174 g/mol. The first-order valence-corrected chi connectivity index (χ1v) is 4.63. The SMILES string of the molecule is CC/C=C(\C(N)=NC)c1ccccn1. The molecule has 2 N–H and O–H groups in total. The normalized spacial score (nSPS) is 13.0. The molecular formula is C11H15N3. The van der Waals surface area contributed by atoms with Crippen molar-refractivity contribution in [1.29, 1.82) is 0 Å². The third-order valence-corrected chi connectivity index (χ3v) is 1.87. The van der Waals surface area contributed by atoms with Crippen LogP contribution >= 0.6 is 0 Å². The molecule has 0 aliphatic heterocycles. The van der Waals surface area contributed by atoms with Gasteiger partial charge in [0.15, 0.2) is 0 Å². The van der Waals surface area contributed by atoms with Crippen LogP contribution in [-0.4, -0.2) is 17.9 Å². The summed E-state index contributed by atoms with van der Waals surface area (Å²) >= 11 is 0. The first-order chi connectivity index (χ1) is 6.79. The van der Waals surface area contributed by atoms with Crippen LogP contribution in [0.15, 0.2) is 35.5 Å². The van der Waals surface area contributed by atoms with E-state index in [0.717, 1.165) is 17.7 Å². The molecule has 3 nitrogen and oxygen atoms in total. The Balaban J connectivity index is 3.08. The second kappa shape index (κ2) is 5.17. The maximum atomic E-state index is 5.78. The summed E-state index contributed by atoms with van der Waals surface area (Å²) in [6.45, 7) is 2.06. The monoisotopic (exact) mass is 189 g/mol. The highest BCUT2D eigenvalue weighted by atomic mass is 14.8. The molecule has 0 spiro atoms. The van der Waals surface area contributed by atoms with Gasteiger partial charge in [0.1, 0.15) is 5.84 Å². The van der Waals surface area contributed by atoms with Crippen molar-refractivity contribution in [3.8, 4) is 0 Å². The van der Waals surface area contributed by atoms with E-state index in [1.54, 1.807) is 13.2 Å². The Labute approximate surface area is 84.4 Å². The molecule has 0 unspecified atom stereocenters. The van der Waals surface area contributed by atoms with E-state index in [-0.39, 0.29) is 0 Å². The van der Waals surface area contributed by atoms with E-state index in [9.17, 15) is 0 Å². The van der Waals surface area contributed by atoms with Crippen LogP contribution in [0.2, 0.25) is 0 Å². The number of pyridine rings is 1. The predicted octanol–water partition coefficient (Wildman–Crippen LogP) is 1.86. The van der Waals surface area contributed by atoms with E-state index in [0.29, 0.717) is 5.84 Å². The van der Waals surface area contributed by atoms with Gasteiger partial charge in [-0.1, -0.05) is 19.1 Å². The van der Waals surface area contributed by atoms with Gasteiger partial charge in [-0.25, -0.2) is 0 Å². The van der Waals surface area contributed by atoms with Crippen LogP contribution in [0.1, 0.15) is 19.0 Å². The van der Waals surface area contributed by atoms with Gasteiger partial charge in [0.25, 0.3) is 0 Å². The summed E-state index contributed by atoms with van der Waals surface area (Å²) in [4.78, 5) is 8.21. The van der Waals surface area contributed by atoms with Gasteiger partial charge in [0.2, 0.25) is 0 Å². The predicted molar refractivity (Wildman–Crippen MR) is 60.1 cm³/mol. The third kappa shape index (κ3) is 2.42. The number of nitrogens with two attached hydrogens (primary N) is 1. The van der Waals surface area contributed by atoms with Crippen LogP contribution in [0.3, 0.4) is 0 Å². The van der Waals surface area contributed by atoms with Crippen molar-refractivity contribution in [2.45, 2.75) is 13.3 Å². The molecule has 0 saturated heterocycles. The Kier molecular flexibility index (Phi) is 3.85. The minimum Gasteiger partial charge on any atom is -0.383 e. The maximum Gasteiger partial charge on any atom is 0.127 e. The van der Waals surface area contributed by atoms with Crippen molar-refractivity contribution in [2.24, 2.45) is 10.7 Å². The van der Waals surface area contributed by atoms with Gasteiger partial charge in [-0.05, 0) is 18.6 Å². The molecule has 0 aromatic carbocycles. The van der Waals surface area contributed by atoms with Crippen molar-refractivity contribution >= 4 is 11.4 Å². The van der Waals surface area contributed by atoms with Crippen LogP contribution in [0.4, 0.5) is 0 Å². The van der Waals surface area contributed by atoms with E-state index in [2.05, 4.69) is 16.9 Å². The zero-order valence-corrected chi connectivity index (χ0v) is 8.57. The number of aliphatic imine (C=N–C) groups is 1. The summed E-state index contributed by atoms with van der Waals surface area (Å²) in [5.74, 6) is 0.533. The second-order valence-corrected chi connectivity index (χ2v) is 2.85. The summed E-state index contributed by atoms with van der Waals surface area (Å²) in [5, 5.41) is 0. The topological polar surface area (TPSA) is 51.3 Å². The average Bonchev–Trinajstić information content (AvgIpc) is 2.26. The number of hydrogen-bond acceptors (Lipinski definition) is 2. The molecule has 1 aromatic rings. The minimum absolute atomic E-state index is 0.533. The van der Waals surface area contributed by atoms with Gasteiger partial charge in [0, 0.05) is 18.8 Å². The Hall–Kier alpha value is -1.64. The summed E-state index contributed by atoms with van der Waals surface area (Å²) in [7, 11) is 1.68. The third-order valence-electron chi connectivity index (χ3n) is 1.87. The lowest BCUT2D eigenvalue weighted by Gasteiger charge is -2.04. The zero-order valence-electron chi connectivity index (χ0n) is 8.57. The first kappa shape index (κ1) is 10.4. The van der Waals surface area contributed by atoms with Gasteiger partial charge >= 0.3 is 0 Å². The van der Waals surface area contributed by atoms with E-state index in [1.165, 1.54) is 0 Å². The largest absolute Gasteiger partial charge is 0.383 e. The number of rotatable bonds is 3. The highest BCUT2D eigenvalue weighted by Gasteiger charge is 2.04. The minimum atomic E-state index is 0.533. The fourth-order valence-electron chi connectivity index (χ4n) is 1.19. The first-order valence-electron chi connectivity index (χ1n) is 4.63. The lowest BCUT2D eigenvalue weighted by molar-refractivity contribution is 1.21. The van der Waals surface area contributed by atoms with Crippen molar-refractivity contribution in [2.75, 3.05) is 7.05 Å². The van der Waals surface area contributed by atoms with E-state index < -0.39 is 0 Å². The molecule has 0 fully saturated rings. The molecule has 0 saturated carbocycles. The fraction of sp³-hybridized carbons (Fsp3) is 0.273. The Morgan fingerprint density at radius 2 is 2.36 bits per heavy atom. The maximum absolute atomic E-state index is 5.78. The molecule has 74 valence electrons. The van der Waals surface area contributed by atoms with E-state index in [4.69, 9.17) is 5.73 Å². The zero-order chi connectivity index (χ0) is 10.4. The van der Waals surface area contributed by atoms with Crippen LogP contribution < -0.4 is 5.73 Å². The van der Waals surface area contributed by atoms with Crippen LogP contribution in [-0.2, 0) is 0 Å². The van der Waals surface area contributed by atoms with Crippen molar-refractivity contribution in [3.05, 3.63) is 36.2 Å². The summed E-state index contributed by atoms with van der Waals surface area (Å²) in [6, 6.07) is 5.75. The summed E-state index contributed by atoms with van der Waals surface area (Å²) < 4.78 is 0. The lowest BCUT2D eigenvalue weighted by atomic mass is 10.1. The standard InChI is InChI=1S/C11H15N3/c1-3-6-9(11(12)13-2)10-7-4-5-8-14-10/h4-8H,3H2,1-2H3,(H2,12,13)/b9-6-. The molecule has 1 heterocycles. The molecule has 0 amide bonds. The lowest BCUT2D eigenvalue weighted by Crippen LogP contribution is -2.14. The second-order valence-electron chi connectivity index (χ2n) is 2.85. The number of nitrogens with zero attached hydrogens (tertiary/aromatic N) is 2. The highest BCUT2D eigenvalue weighted by Crippen LogP contribution is 2.11. The van der Waals surface area contributed by atoms with Crippen LogP contribution in [0.25, 0.3) is 5.57 Å². The molecule has 1 rings (SSSR count). The van der Waals surface area contributed by atoms with Gasteiger partial charge in [0.05, 0.1) is 5.69 Å². The molecule has 0 aliphatic rings. The summed E-state index contributed by atoms with van der Waals surface area (Å²) in [5.41, 5.74) is 7.56. The van der Waals surface area contributed by atoms with Gasteiger partial charge < -0.3 is 5.73 Å². The number of aromatic nitrogens is 1. The van der Waals surface area contributed by atoms with Crippen molar-refractivity contribution < 1.29 is 0 Å². The highest BCUT2D eigenvalue weighted by molar-refractivity contribution is 6.21. The van der Waals surface area contributed by atoms with E-state index in [1.807, 2.05) is 24.3 Å². The molecule has 3 heteroatoms.